The molecule has 5 heteroatoms. The molecule has 1 saturated carbocycles. The highest BCUT2D eigenvalue weighted by Crippen LogP contribution is 2.40. The number of nitrogens with zero attached hydrogens (tertiary/aromatic N) is 2. The average molecular weight is 477 g/mol. The van der Waals surface area contributed by atoms with Crippen molar-refractivity contribution in [2.45, 2.75) is 44.1 Å². The molecule has 2 fully saturated rings. The summed E-state index contributed by atoms with van der Waals surface area (Å²) in [5.41, 5.74) is 7.54. The molecule has 36 heavy (non-hydrogen) atoms. The van der Waals surface area contributed by atoms with Crippen LogP contribution < -0.4 is 10.6 Å². The average Bonchev–Trinajstić information content (AvgIpc) is 3.79. The monoisotopic (exact) mass is 476 g/mol. The lowest BCUT2D eigenvalue weighted by atomic mass is 9.82. The number of amides is 1. The van der Waals surface area contributed by atoms with Crippen LogP contribution in [-0.2, 0) is 0 Å². The molecule has 0 spiro atoms. The Morgan fingerprint density at radius 1 is 1.03 bits per heavy atom. The number of nitrogens with one attached hydrogen (secondary N) is 2. The minimum Gasteiger partial charge on any atom is -0.391 e. The number of hydrogen-bond acceptors (Lipinski definition) is 4. The molecule has 2 aromatic rings. The van der Waals surface area contributed by atoms with Crippen LogP contribution in [0.3, 0.4) is 0 Å². The van der Waals surface area contributed by atoms with Crippen molar-refractivity contribution < 1.29 is 4.79 Å². The van der Waals surface area contributed by atoms with Crippen molar-refractivity contribution in [1.82, 2.24) is 15.5 Å². The third-order valence-electron chi connectivity index (χ3n) is 7.90. The fourth-order valence-corrected chi connectivity index (χ4v) is 5.68. The van der Waals surface area contributed by atoms with Crippen LogP contribution >= 0.6 is 0 Å². The van der Waals surface area contributed by atoms with Crippen LogP contribution in [-0.4, -0.2) is 36.5 Å². The Morgan fingerprint density at radius 3 is 2.67 bits per heavy atom. The van der Waals surface area contributed by atoms with E-state index in [1.807, 2.05) is 35.2 Å². The number of nitriles is 1. The first-order chi connectivity index (χ1) is 17.7. The van der Waals surface area contributed by atoms with Gasteiger partial charge in [-0.2, -0.15) is 5.26 Å². The first-order valence-electron chi connectivity index (χ1n) is 13.2. The molecule has 1 amide bonds. The van der Waals surface area contributed by atoms with E-state index in [2.05, 4.69) is 53.3 Å². The third kappa shape index (κ3) is 4.68. The zero-order valence-corrected chi connectivity index (χ0v) is 20.5. The minimum absolute atomic E-state index is 0.162. The molecular formula is C31H32N4O. The summed E-state index contributed by atoms with van der Waals surface area (Å²) < 4.78 is 0. The Morgan fingerprint density at radius 2 is 1.86 bits per heavy atom. The van der Waals surface area contributed by atoms with Crippen LogP contribution in [0.4, 0.5) is 0 Å². The van der Waals surface area contributed by atoms with Gasteiger partial charge in [-0.05, 0) is 90.6 Å². The molecule has 4 aliphatic rings. The number of fused-ring (bicyclic) bond motifs is 1. The SMILES string of the molecule is N#Cc1cccc(C2=CC3CCNC=C3C(NC3CCN(C(=O)c4cccc(C5CC5)c4)CC3)=C2)c1. The summed E-state index contributed by atoms with van der Waals surface area (Å²) in [4.78, 5) is 15.2. The third-order valence-corrected chi connectivity index (χ3v) is 7.90. The number of hydrogen-bond donors (Lipinski definition) is 2. The van der Waals surface area contributed by atoms with Crippen molar-refractivity contribution in [3.05, 3.63) is 100 Å². The molecule has 5 nitrogen and oxygen atoms in total. The number of piperidine rings is 1. The molecule has 182 valence electrons. The topological polar surface area (TPSA) is 68.2 Å². The first-order valence-corrected chi connectivity index (χ1v) is 13.2. The van der Waals surface area contributed by atoms with Gasteiger partial charge >= 0.3 is 0 Å². The van der Waals surface area contributed by atoms with E-state index in [-0.39, 0.29) is 5.91 Å². The highest BCUT2D eigenvalue weighted by Gasteiger charge is 2.29. The van der Waals surface area contributed by atoms with Gasteiger partial charge in [0.25, 0.3) is 5.91 Å². The summed E-state index contributed by atoms with van der Waals surface area (Å²) in [5, 5.41) is 16.6. The summed E-state index contributed by atoms with van der Waals surface area (Å²) in [5.74, 6) is 1.18. The molecule has 0 radical (unpaired) electrons. The fourth-order valence-electron chi connectivity index (χ4n) is 5.68. The highest BCUT2D eigenvalue weighted by atomic mass is 16.2. The Balaban J connectivity index is 1.15. The van der Waals surface area contributed by atoms with Gasteiger partial charge in [-0.25, -0.2) is 0 Å². The van der Waals surface area contributed by atoms with Crippen molar-refractivity contribution in [2.75, 3.05) is 19.6 Å². The van der Waals surface area contributed by atoms with Gasteiger partial charge in [0.2, 0.25) is 0 Å². The molecule has 2 aromatic carbocycles. The van der Waals surface area contributed by atoms with E-state index in [1.165, 1.54) is 29.6 Å². The van der Waals surface area contributed by atoms with Crippen LogP contribution in [0.1, 0.15) is 65.1 Å². The molecular weight excluding hydrogens is 444 g/mol. The Kier molecular flexibility index (Phi) is 6.11. The minimum atomic E-state index is 0.162. The van der Waals surface area contributed by atoms with E-state index in [9.17, 15) is 10.1 Å². The maximum absolute atomic E-state index is 13.2. The van der Waals surface area contributed by atoms with E-state index in [0.29, 0.717) is 23.4 Å². The molecule has 2 N–H and O–H groups in total. The van der Waals surface area contributed by atoms with Gasteiger partial charge in [-0.15, -0.1) is 0 Å². The van der Waals surface area contributed by atoms with Crippen LogP contribution in [0.15, 0.2) is 78.2 Å². The maximum atomic E-state index is 13.2. The smallest absolute Gasteiger partial charge is 0.253 e. The number of allylic oxidation sites excluding steroid dienone is 4. The summed E-state index contributed by atoms with van der Waals surface area (Å²) in [6.07, 6.45) is 12.1. The summed E-state index contributed by atoms with van der Waals surface area (Å²) in [7, 11) is 0. The number of carbonyl (C=O) groups is 1. The van der Waals surface area contributed by atoms with Crippen LogP contribution in [0.5, 0.6) is 0 Å². The highest BCUT2D eigenvalue weighted by molar-refractivity contribution is 5.94. The second kappa shape index (κ2) is 9.70. The summed E-state index contributed by atoms with van der Waals surface area (Å²) >= 11 is 0. The molecule has 1 unspecified atom stereocenters. The Bertz CT molecular complexity index is 1300. The van der Waals surface area contributed by atoms with Crippen LogP contribution in [0.25, 0.3) is 5.57 Å². The van der Waals surface area contributed by atoms with Gasteiger partial charge in [0.05, 0.1) is 11.6 Å². The summed E-state index contributed by atoms with van der Waals surface area (Å²) in [6, 6.07) is 18.7. The van der Waals surface area contributed by atoms with Crippen molar-refractivity contribution >= 4 is 11.5 Å². The first kappa shape index (κ1) is 22.7. The van der Waals surface area contributed by atoms with E-state index in [4.69, 9.17) is 0 Å². The lowest BCUT2D eigenvalue weighted by molar-refractivity contribution is 0.0708. The molecule has 2 heterocycles. The van der Waals surface area contributed by atoms with Gasteiger partial charge in [0, 0.05) is 49.1 Å². The van der Waals surface area contributed by atoms with Gasteiger partial charge in [0.15, 0.2) is 0 Å². The molecule has 2 aliphatic carbocycles. The van der Waals surface area contributed by atoms with Gasteiger partial charge in [-0.1, -0.05) is 30.3 Å². The van der Waals surface area contributed by atoms with Gasteiger partial charge in [0.1, 0.15) is 0 Å². The molecule has 0 aromatic heterocycles. The molecule has 6 rings (SSSR count). The van der Waals surface area contributed by atoms with Gasteiger partial charge < -0.3 is 15.5 Å². The van der Waals surface area contributed by atoms with Crippen molar-refractivity contribution in [3.8, 4) is 6.07 Å². The predicted molar refractivity (Wildman–Crippen MR) is 142 cm³/mol. The Labute approximate surface area is 213 Å². The Hall–Kier alpha value is -3.78. The molecule has 1 saturated heterocycles. The zero-order valence-electron chi connectivity index (χ0n) is 20.5. The van der Waals surface area contributed by atoms with E-state index in [1.54, 1.807) is 0 Å². The van der Waals surface area contributed by atoms with Crippen LogP contribution in [0.2, 0.25) is 0 Å². The quantitative estimate of drug-likeness (QED) is 0.630. The number of rotatable bonds is 5. The number of likely N-dealkylation sites (tertiary alicyclic amines) is 1. The number of carbonyl (C=O) groups excluding carboxylic acids is 1. The molecule has 0 bridgehead atoms. The van der Waals surface area contributed by atoms with E-state index < -0.39 is 0 Å². The van der Waals surface area contributed by atoms with Crippen molar-refractivity contribution in [3.63, 3.8) is 0 Å². The lowest BCUT2D eigenvalue weighted by Gasteiger charge is -2.36. The van der Waals surface area contributed by atoms with Gasteiger partial charge in [-0.3, -0.25) is 4.79 Å². The lowest BCUT2D eigenvalue weighted by Crippen LogP contribution is -2.45. The second-order valence-corrected chi connectivity index (χ2v) is 10.4. The maximum Gasteiger partial charge on any atom is 0.253 e. The van der Waals surface area contributed by atoms with Crippen LogP contribution in [0, 0.1) is 17.2 Å². The fraction of sp³-hybridized carbons (Fsp3) is 0.355. The predicted octanol–water partition coefficient (Wildman–Crippen LogP) is 5.10. The van der Waals surface area contributed by atoms with Crippen molar-refractivity contribution in [2.24, 2.45) is 5.92 Å². The number of benzene rings is 2. The van der Waals surface area contributed by atoms with E-state index >= 15 is 0 Å². The molecule has 2 aliphatic heterocycles. The van der Waals surface area contributed by atoms with Crippen molar-refractivity contribution in [1.29, 1.82) is 5.26 Å². The zero-order chi connectivity index (χ0) is 24.5. The largest absolute Gasteiger partial charge is 0.391 e. The summed E-state index contributed by atoms with van der Waals surface area (Å²) in [6.45, 7) is 2.50. The van der Waals surface area contributed by atoms with E-state index in [0.717, 1.165) is 55.7 Å². The standard InChI is InChI=1S/C31H32N4O/c32-19-21-3-1-4-23(15-21)27-17-25-9-12-33-20-29(25)30(18-27)34-28-10-13-35(14-11-28)31(36)26-6-2-5-24(16-26)22-7-8-22/h1-6,15-18,20,22,25,28,33-34H,7-14H2. The normalized spacial score (nSPS) is 21.8. The molecule has 1 atom stereocenters. The second-order valence-electron chi connectivity index (χ2n) is 10.4.